The minimum Gasteiger partial charge on any atom is -1.00 e. The molecular formula is C54H84BFeKN6O10. The van der Waals surface area contributed by atoms with Crippen LogP contribution < -0.4 is 71.3 Å². The van der Waals surface area contributed by atoms with E-state index < -0.39 is 6.42 Å². The van der Waals surface area contributed by atoms with Gasteiger partial charge in [0, 0.05) is 65.7 Å². The first-order valence-electron chi connectivity index (χ1n) is 25.2. The summed E-state index contributed by atoms with van der Waals surface area (Å²) in [5.41, 5.74) is 1.98. The molecule has 2 aromatic heterocycles. The molecule has 9 rings (SSSR count). The third-order valence-corrected chi connectivity index (χ3v) is 12.0. The first-order valence-corrected chi connectivity index (χ1v) is 25.2. The normalized spacial score (nSPS) is 19.6. The minimum absolute atomic E-state index is 0. The predicted molar refractivity (Wildman–Crippen MR) is 272 cm³/mol. The fraction of sp³-hybridized carbons (Fsp3) is 0.611. The molecule has 73 heavy (non-hydrogen) atoms. The molecular weight excluding hydrogens is 998 g/mol. The Hall–Kier alpha value is -1.84. The standard InChI is InChI=1S/C26H31BN4.C18H36N2O6.2C4H8O.2CO.Fe.K.H/c1-25(2,3)28-17-19-30(21-28)27(23-13-9-7-10-14-23,24-15-11-8-12-16-24)31-20-18-29(22-31)26(4,5)6;1-7-21-13-14-24-10-4-20-5-11-25-17-15-22-8-2-19(1)3-9-23-16-18-26-12-6-20;2*1-2-4-5-3-1;2*1-2;;;/h7-20H,1H2,2-6H3;1-18H2;2*1-4H2;;;;;/q-2;;;;;;+2;+1;-1. The van der Waals surface area contributed by atoms with E-state index in [2.05, 4.69) is 176 Å². The topological polar surface area (TPSA) is 138 Å². The molecule has 0 atom stereocenters. The van der Waals surface area contributed by atoms with Gasteiger partial charge in [-0.1, -0.05) is 86.9 Å². The molecule has 402 valence electrons. The monoisotopic (exact) mass is 1080 g/mol. The van der Waals surface area contributed by atoms with E-state index in [1.807, 2.05) is 4.57 Å². The maximum atomic E-state index is 7.50. The van der Waals surface area contributed by atoms with E-state index >= 15 is 0 Å². The molecule has 5 aliphatic rings. The van der Waals surface area contributed by atoms with Crippen LogP contribution in [0.15, 0.2) is 85.5 Å². The van der Waals surface area contributed by atoms with Crippen molar-refractivity contribution in [1.29, 1.82) is 0 Å². The van der Waals surface area contributed by atoms with Gasteiger partial charge in [-0.15, -0.1) is 10.9 Å². The van der Waals surface area contributed by atoms with Gasteiger partial charge in [-0.2, -0.15) is 0 Å². The largest absolute Gasteiger partial charge is 2.00 e. The van der Waals surface area contributed by atoms with Crippen LogP contribution in [0.5, 0.6) is 0 Å². The molecule has 0 radical (unpaired) electrons. The second kappa shape index (κ2) is 41.3. The number of hydrogen-bond donors (Lipinski definition) is 0. The summed E-state index contributed by atoms with van der Waals surface area (Å²) in [4.78, 5) is 4.62. The number of rotatable bonds is 5. The number of ether oxygens (including phenoxy) is 8. The predicted octanol–water partition coefficient (Wildman–Crippen LogP) is 0.792. The molecule has 5 saturated heterocycles. The SMILES string of the molecule is C1CCOC1.C1CCOC1.C1COCCN2CCOCCOCCN(CCO1)CCOCCOCC2.[C-]#[O+].[C-]#[O+].[CH2-]C(C)(C)n1[c-][n+]([B-](c2ccccc2)(c2ccccc2)[n+]2[c-]n(C(C)(C)C)cc2)cc1.[Fe+2].[H-].[K+]. The van der Waals surface area contributed by atoms with Gasteiger partial charge < -0.3 is 57.4 Å². The molecule has 7 heterocycles. The summed E-state index contributed by atoms with van der Waals surface area (Å²) in [5, 5.41) is 0. The van der Waals surface area contributed by atoms with Crippen LogP contribution in [-0.4, -0.2) is 170 Å². The van der Waals surface area contributed by atoms with E-state index in [1.54, 1.807) is 0 Å². The van der Waals surface area contributed by atoms with Crippen molar-refractivity contribution in [2.24, 2.45) is 0 Å². The maximum absolute atomic E-state index is 7.50. The molecule has 0 aliphatic carbocycles. The average molecular weight is 1080 g/mol. The van der Waals surface area contributed by atoms with E-state index in [9.17, 15) is 0 Å². The van der Waals surface area contributed by atoms with Crippen molar-refractivity contribution in [1.82, 2.24) is 18.9 Å². The van der Waals surface area contributed by atoms with Gasteiger partial charge in [0.15, 0.2) is 12.7 Å². The van der Waals surface area contributed by atoms with Crippen LogP contribution in [-0.2, 0) is 75.3 Å². The van der Waals surface area contributed by atoms with Crippen molar-refractivity contribution in [3.05, 3.63) is 118 Å². The number of imidazole rings is 2. The van der Waals surface area contributed by atoms with Gasteiger partial charge in [-0.05, 0) is 64.4 Å². The summed E-state index contributed by atoms with van der Waals surface area (Å²) >= 11 is 0. The van der Waals surface area contributed by atoms with Gasteiger partial charge in [0.05, 0.1) is 84.8 Å². The second-order valence-electron chi connectivity index (χ2n) is 18.9. The molecule has 5 fully saturated rings. The zero-order valence-corrected chi connectivity index (χ0v) is 49.1. The molecule has 0 unspecified atom stereocenters. The van der Waals surface area contributed by atoms with Crippen LogP contribution >= 0.6 is 0 Å². The Labute approximate surface area is 492 Å². The molecule has 0 N–H and O–H groups in total. The van der Waals surface area contributed by atoms with Gasteiger partial charge in [-0.25, -0.2) is 0 Å². The van der Waals surface area contributed by atoms with E-state index in [-0.39, 0.29) is 81.0 Å². The summed E-state index contributed by atoms with van der Waals surface area (Å²) in [5.74, 6) is 0. The summed E-state index contributed by atoms with van der Waals surface area (Å²) in [6, 6.07) is 21.3. The van der Waals surface area contributed by atoms with Crippen LogP contribution in [0, 0.1) is 32.9 Å². The van der Waals surface area contributed by atoms with E-state index in [0.717, 1.165) is 65.7 Å². The Balaban J connectivity index is 0.00000111. The first-order chi connectivity index (χ1) is 34.6. The molecule has 0 saturated carbocycles. The van der Waals surface area contributed by atoms with Crippen LogP contribution in [0.4, 0.5) is 0 Å². The zero-order valence-electron chi connectivity index (χ0n) is 45.9. The van der Waals surface area contributed by atoms with E-state index in [4.69, 9.17) is 47.2 Å². The van der Waals surface area contributed by atoms with Crippen molar-refractivity contribution in [2.75, 3.05) is 145 Å². The Morgan fingerprint density at radius 3 is 0.986 bits per heavy atom. The number of fused-ring (bicyclic) bond motifs is 21. The van der Waals surface area contributed by atoms with Crippen LogP contribution in [0.2, 0.25) is 0 Å². The molecule has 5 aliphatic heterocycles. The van der Waals surface area contributed by atoms with Crippen molar-refractivity contribution >= 4 is 17.3 Å². The summed E-state index contributed by atoms with van der Waals surface area (Å²) in [6.45, 7) is 41.2. The van der Waals surface area contributed by atoms with Gasteiger partial charge in [-0.3, -0.25) is 16.7 Å². The third kappa shape index (κ3) is 26.4. The second-order valence-corrected chi connectivity index (χ2v) is 18.9. The van der Waals surface area contributed by atoms with Gasteiger partial charge in [0.2, 0.25) is 0 Å². The Morgan fingerprint density at radius 1 is 0.479 bits per heavy atom. The number of nitrogens with zero attached hydrogens (tertiary/aromatic N) is 6. The number of hydrogen-bond acceptors (Lipinski definition) is 10. The van der Waals surface area contributed by atoms with Crippen molar-refractivity contribution in [3.63, 3.8) is 0 Å². The van der Waals surface area contributed by atoms with Gasteiger partial charge in [0.1, 0.15) is 0 Å². The zero-order chi connectivity index (χ0) is 51.5. The van der Waals surface area contributed by atoms with Crippen LogP contribution in [0.25, 0.3) is 0 Å². The summed E-state index contributed by atoms with van der Waals surface area (Å²) in [6.07, 6.45) is 19.1. The maximum Gasteiger partial charge on any atom is 2.00 e. The fourth-order valence-corrected chi connectivity index (χ4v) is 8.02. The molecule has 4 aromatic rings. The van der Waals surface area contributed by atoms with Crippen molar-refractivity contribution in [2.45, 2.75) is 71.4 Å². The Morgan fingerprint density at radius 2 is 0.753 bits per heavy atom. The average Bonchev–Trinajstić information content (AvgIpc) is 4.25. The molecule has 19 heteroatoms. The third-order valence-electron chi connectivity index (χ3n) is 12.0. The Kier molecular flexibility index (Phi) is 39.1. The summed E-state index contributed by atoms with van der Waals surface area (Å²) < 4.78 is 67.7. The van der Waals surface area contributed by atoms with Crippen molar-refractivity contribution in [3.8, 4) is 0 Å². The molecule has 2 bridgehead atoms. The van der Waals surface area contributed by atoms with E-state index in [1.165, 1.54) is 36.6 Å². The molecule has 16 nitrogen and oxygen atoms in total. The Bertz CT molecular complexity index is 1770. The summed E-state index contributed by atoms with van der Waals surface area (Å²) in [7, 11) is 0. The molecule has 0 spiro atoms. The van der Waals surface area contributed by atoms with Crippen LogP contribution in [0.1, 0.15) is 61.7 Å². The van der Waals surface area contributed by atoms with E-state index in [0.29, 0.717) is 79.3 Å². The van der Waals surface area contributed by atoms with Crippen LogP contribution in [0.3, 0.4) is 0 Å². The fourth-order valence-electron chi connectivity index (χ4n) is 8.02. The van der Waals surface area contributed by atoms with Crippen molar-refractivity contribution < 1.29 is 126 Å². The molecule has 2 aromatic carbocycles. The molecule has 0 amide bonds. The smallest absolute Gasteiger partial charge is 1.00 e. The minimum atomic E-state index is -1.63. The number of aromatic nitrogens is 4. The van der Waals surface area contributed by atoms with Gasteiger partial charge >= 0.3 is 97.5 Å². The number of benzene rings is 2. The van der Waals surface area contributed by atoms with Gasteiger partial charge in [0.25, 0.3) is 0 Å². The first kappa shape index (κ1) is 69.2. The quantitative estimate of drug-likeness (QED) is 0.161.